The minimum Gasteiger partial charge on any atom is -0.322 e. The minimum absolute atomic E-state index is 0.0343. The maximum atomic E-state index is 13.0. The van der Waals surface area contributed by atoms with Crippen molar-refractivity contribution in [3.8, 4) is 22.4 Å². The number of benzene rings is 1. The van der Waals surface area contributed by atoms with E-state index in [0.717, 1.165) is 53.1 Å². The van der Waals surface area contributed by atoms with Crippen LogP contribution in [-0.4, -0.2) is 26.8 Å². The lowest BCUT2D eigenvalue weighted by atomic mass is 9.98. The number of alkyl halides is 3. The highest BCUT2D eigenvalue weighted by atomic mass is 19.4. The number of hydrogen-bond acceptors (Lipinski definition) is 5. The lowest BCUT2D eigenvalue weighted by Gasteiger charge is -2.13. The summed E-state index contributed by atoms with van der Waals surface area (Å²) in [6, 6.07) is 13.4. The van der Waals surface area contributed by atoms with E-state index < -0.39 is 17.6 Å². The maximum absolute atomic E-state index is 13.0. The average molecular weight is 532 g/mol. The number of hydrogen-bond donors (Lipinski definition) is 2. The summed E-state index contributed by atoms with van der Waals surface area (Å²) in [6.07, 6.45) is 0.570. The van der Waals surface area contributed by atoms with Crippen LogP contribution in [0.5, 0.6) is 0 Å². The lowest BCUT2D eigenvalue weighted by Crippen LogP contribution is -2.14. The number of aryl methyl sites for hydroxylation is 2. The van der Waals surface area contributed by atoms with E-state index in [1.165, 1.54) is 0 Å². The van der Waals surface area contributed by atoms with Gasteiger partial charge in [0.05, 0.1) is 16.8 Å². The fourth-order valence-corrected chi connectivity index (χ4v) is 4.14. The molecule has 1 aliphatic carbocycles. The zero-order chi connectivity index (χ0) is 27.7. The van der Waals surface area contributed by atoms with Crippen LogP contribution in [0.1, 0.15) is 40.0 Å². The van der Waals surface area contributed by atoms with Crippen LogP contribution in [0, 0.1) is 19.8 Å². The summed E-state index contributed by atoms with van der Waals surface area (Å²) < 4.78 is 39.1. The van der Waals surface area contributed by atoms with Gasteiger partial charge in [0, 0.05) is 41.5 Å². The first-order valence-corrected chi connectivity index (χ1v) is 12.3. The number of anilines is 2. The van der Waals surface area contributed by atoms with Crippen LogP contribution < -0.4 is 10.6 Å². The molecule has 0 unspecified atom stereocenters. The van der Waals surface area contributed by atoms with Gasteiger partial charge in [-0.15, -0.1) is 0 Å². The first-order valence-electron chi connectivity index (χ1n) is 12.3. The van der Waals surface area contributed by atoms with Crippen molar-refractivity contribution in [3.05, 3.63) is 89.5 Å². The van der Waals surface area contributed by atoms with Crippen molar-refractivity contribution >= 4 is 23.3 Å². The van der Waals surface area contributed by atoms with Crippen molar-refractivity contribution in [2.75, 3.05) is 10.6 Å². The second kappa shape index (κ2) is 10.3. The molecule has 0 atom stereocenters. The first-order chi connectivity index (χ1) is 18.6. The van der Waals surface area contributed by atoms with Gasteiger partial charge in [-0.1, -0.05) is 6.07 Å². The molecule has 0 spiro atoms. The Morgan fingerprint density at radius 1 is 0.923 bits per heavy atom. The molecule has 7 nitrogen and oxygen atoms in total. The van der Waals surface area contributed by atoms with Crippen molar-refractivity contribution in [1.82, 2.24) is 15.0 Å². The Kier molecular flexibility index (Phi) is 6.86. The summed E-state index contributed by atoms with van der Waals surface area (Å²) in [5.41, 5.74) is 4.03. The van der Waals surface area contributed by atoms with E-state index in [-0.39, 0.29) is 17.4 Å². The maximum Gasteiger partial charge on any atom is 0.417 e. The molecule has 5 rings (SSSR count). The molecule has 3 aromatic heterocycles. The number of carbonyl (C=O) groups is 2. The zero-order valence-corrected chi connectivity index (χ0v) is 21.1. The lowest BCUT2D eigenvalue weighted by molar-refractivity contribution is -0.137. The number of rotatable bonds is 6. The molecule has 10 heteroatoms. The molecular formula is C29H24F3N5O2. The Hall–Kier alpha value is -4.60. The predicted octanol–water partition coefficient (Wildman–Crippen LogP) is 6.44. The van der Waals surface area contributed by atoms with E-state index in [9.17, 15) is 22.8 Å². The second-order valence-electron chi connectivity index (χ2n) is 9.52. The molecule has 1 aromatic carbocycles. The topological polar surface area (TPSA) is 96.9 Å². The van der Waals surface area contributed by atoms with Gasteiger partial charge in [0.15, 0.2) is 0 Å². The average Bonchev–Trinajstić information content (AvgIpc) is 3.75. The Bertz CT molecular complexity index is 1580. The summed E-state index contributed by atoms with van der Waals surface area (Å²) in [5.74, 6) is -0.223. The standard InChI is InChI=1S/C29H24F3N5O2/c1-16-3-6-23(36-28(39)21-10-22(15-33-14-21)29(30,31)32)13-24(16)20-9-17(2)35-25(11-20)19-7-8-34-26(12-19)37-27(38)18-4-5-18/h3,6-15,18H,4-5H2,1-2H3,(H,36,39)(H,34,37,38). The number of nitrogens with zero attached hydrogens (tertiary/aromatic N) is 3. The smallest absolute Gasteiger partial charge is 0.322 e. The van der Waals surface area contributed by atoms with Gasteiger partial charge < -0.3 is 10.6 Å². The van der Waals surface area contributed by atoms with Crippen LogP contribution in [0.15, 0.2) is 67.1 Å². The van der Waals surface area contributed by atoms with E-state index in [0.29, 0.717) is 23.4 Å². The molecule has 0 bridgehead atoms. The van der Waals surface area contributed by atoms with Crippen LogP contribution in [0.3, 0.4) is 0 Å². The van der Waals surface area contributed by atoms with Crippen LogP contribution in [0.25, 0.3) is 22.4 Å². The predicted molar refractivity (Wildman–Crippen MR) is 141 cm³/mol. The molecular weight excluding hydrogens is 507 g/mol. The van der Waals surface area contributed by atoms with Gasteiger partial charge in [-0.2, -0.15) is 13.2 Å². The van der Waals surface area contributed by atoms with Gasteiger partial charge in [-0.05, 0) is 85.8 Å². The summed E-state index contributed by atoms with van der Waals surface area (Å²) in [6.45, 7) is 3.79. The number of aromatic nitrogens is 3. The molecule has 1 fully saturated rings. The molecule has 4 aromatic rings. The van der Waals surface area contributed by atoms with Gasteiger partial charge >= 0.3 is 6.18 Å². The van der Waals surface area contributed by atoms with Crippen LogP contribution in [0.4, 0.5) is 24.7 Å². The Balaban J connectivity index is 1.42. The summed E-state index contributed by atoms with van der Waals surface area (Å²) >= 11 is 0. The Labute approximate surface area is 222 Å². The molecule has 0 saturated heterocycles. The van der Waals surface area contributed by atoms with E-state index in [1.54, 1.807) is 24.4 Å². The van der Waals surface area contributed by atoms with Crippen molar-refractivity contribution in [1.29, 1.82) is 0 Å². The fraction of sp³-hybridized carbons (Fsp3) is 0.207. The molecule has 39 heavy (non-hydrogen) atoms. The molecule has 3 heterocycles. The van der Waals surface area contributed by atoms with Crippen molar-refractivity contribution < 1.29 is 22.8 Å². The quantitative estimate of drug-likeness (QED) is 0.298. The number of pyridine rings is 3. The third-order valence-corrected chi connectivity index (χ3v) is 6.34. The summed E-state index contributed by atoms with van der Waals surface area (Å²) in [7, 11) is 0. The van der Waals surface area contributed by atoms with E-state index in [1.807, 2.05) is 38.1 Å². The van der Waals surface area contributed by atoms with E-state index in [2.05, 4.69) is 25.6 Å². The summed E-state index contributed by atoms with van der Waals surface area (Å²) in [5, 5.41) is 5.51. The largest absolute Gasteiger partial charge is 0.417 e. The number of nitrogens with one attached hydrogen (secondary N) is 2. The molecule has 1 aliphatic rings. The van der Waals surface area contributed by atoms with Gasteiger partial charge in [0.25, 0.3) is 5.91 Å². The normalized spacial score (nSPS) is 13.2. The van der Waals surface area contributed by atoms with Crippen LogP contribution in [0.2, 0.25) is 0 Å². The number of carbonyl (C=O) groups excluding carboxylic acids is 2. The van der Waals surface area contributed by atoms with Gasteiger partial charge in [-0.25, -0.2) is 4.98 Å². The van der Waals surface area contributed by atoms with E-state index in [4.69, 9.17) is 0 Å². The zero-order valence-electron chi connectivity index (χ0n) is 21.1. The third-order valence-electron chi connectivity index (χ3n) is 6.34. The molecule has 1 saturated carbocycles. The first kappa shape index (κ1) is 26.0. The Morgan fingerprint density at radius 2 is 1.72 bits per heavy atom. The minimum atomic E-state index is -4.60. The Morgan fingerprint density at radius 3 is 2.46 bits per heavy atom. The van der Waals surface area contributed by atoms with Gasteiger partial charge in [0.1, 0.15) is 5.82 Å². The van der Waals surface area contributed by atoms with Gasteiger partial charge in [0.2, 0.25) is 5.91 Å². The van der Waals surface area contributed by atoms with E-state index >= 15 is 0 Å². The van der Waals surface area contributed by atoms with Crippen LogP contribution >= 0.6 is 0 Å². The molecule has 2 N–H and O–H groups in total. The summed E-state index contributed by atoms with van der Waals surface area (Å²) in [4.78, 5) is 37.3. The van der Waals surface area contributed by atoms with Crippen molar-refractivity contribution in [3.63, 3.8) is 0 Å². The SMILES string of the molecule is Cc1cc(-c2cc(NC(=O)c3cncc(C(F)(F)F)c3)ccc2C)cc(-c2ccnc(NC(=O)C3CC3)c2)n1. The van der Waals surface area contributed by atoms with Crippen molar-refractivity contribution in [2.45, 2.75) is 32.9 Å². The van der Waals surface area contributed by atoms with Crippen molar-refractivity contribution in [2.24, 2.45) is 5.92 Å². The highest BCUT2D eigenvalue weighted by Crippen LogP contribution is 2.33. The highest BCUT2D eigenvalue weighted by molar-refractivity contribution is 6.04. The second-order valence-corrected chi connectivity index (χ2v) is 9.52. The molecule has 198 valence electrons. The number of halogens is 3. The molecule has 2 amide bonds. The van der Waals surface area contributed by atoms with Crippen LogP contribution in [-0.2, 0) is 11.0 Å². The highest BCUT2D eigenvalue weighted by Gasteiger charge is 2.32. The molecule has 0 aliphatic heterocycles. The third kappa shape index (κ3) is 6.11. The molecule has 0 radical (unpaired) electrons. The monoisotopic (exact) mass is 531 g/mol. The fourth-order valence-electron chi connectivity index (χ4n) is 4.14. The number of amides is 2. The van der Waals surface area contributed by atoms with Gasteiger partial charge in [-0.3, -0.25) is 19.6 Å².